The first-order valence-electron chi connectivity index (χ1n) is 7.04. The number of carbonyl (C=O) groups is 1. The Morgan fingerprint density at radius 2 is 1.95 bits per heavy atom. The summed E-state index contributed by atoms with van der Waals surface area (Å²) in [5.41, 5.74) is 10.5. The molecule has 21 heavy (non-hydrogen) atoms. The number of benzene rings is 2. The fourth-order valence-corrected chi connectivity index (χ4v) is 2.75. The van der Waals surface area contributed by atoms with Crippen molar-refractivity contribution in [1.29, 1.82) is 0 Å². The van der Waals surface area contributed by atoms with Gasteiger partial charge in [0.25, 0.3) is 5.91 Å². The number of anilines is 3. The van der Waals surface area contributed by atoms with Crippen molar-refractivity contribution in [3.05, 3.63) is 53.6 Å². The van der Waals surface area contributed by atoms with Crippen LogP contribution in [0.5, 0.6) is 0 Å². The molecule has 1 heterocycles. The van der Waals surface area contributed by atoms with Gasteiger partial charge in [0.2, 0.25) is 0 Å². The van der Waals surface area contributed by atoms with Crippen molar-refractivity contribution in [2.45, 2.75) is 6.42 Å². The van der Waals surface area contributed by atoms with Crippen LogP contribution in [0.15, 0.2) is 42.5 Å². The van der Waals surface area contributed by atoms with Gasteiger partial charge in [0.1, 0.15) is 0 Å². The number of hydrogen-bond donors (Lipinski definition) is 1. The molecule has 0 saturated carbocycles. The van der Waals surface area contributed by atoms with E-state index in [0.29, 0.717) is 12.1 Å². The third-order valence-electron chi connectivity index (χ3n) is 3.92. The lowest BCUT2D eigenvalue weighted by Gasteiger charge is -2.19. The minimum absolute atomic E-state index is 0.0306. The Labute approximate surface area is 124 Å². The van der Waals surface area contributed by atoms with Crippen LogP contribution in [0.3, 0.4) is 0 Å². The molecular weight excluding hydrogens is 262 g/mol. The SMILES string of the molecule is CN(C)c1cccc(C(=O)N2CCc3c(N)cccc32)c1. The molecule has 0 bridgehead atoms. The molecule has 0 spiro atoms. The summed E-state index contributed by atoms with van der Waals surface area (Å²) in [5.74, 6) is 0.0306. The van der Waals surface area contributed by atoms with Gasteiger partial charge in [-0.1, -0.05) is 12.1 Å². The molecule has 4 heteroatoms. The van der Waals surface area contributed by atoms with E-state index >= 15 is 0 Å². The molecule has 0 aliphatic carbocycles. The van der Waals surface area contributed by atoms with E-state index in [1.807, 2.05) is 66.4 Å². The van der Waals surface area contributed by atoms with Gasteiger partial charge in [-0.2, -0.15) is 0 Å². The van der Waals surface area contributed by atoms with E-state index in [-0.39, 0.29) is 5.91 Å². The molecule has 108 valence electrons. The van der Waals surface area contributed by atoms with Crippen LogP contribution in [0.25, 0.3) is 0 Å². The van der Waals surface area contributed by atoms with Crippen molar-refractivity contribution in [3.8, 4) is 0 Å². The van der Waals surface area contributed by atoms with Crippen LogP contribution < -0.4 is 15.5 Å². The van der Waals surface area contributed by atoms with Crippen molar-refractivity contribution >= 4 is 23.0 Å². The summed E-state index contributed by atoms with van der Waals surface area (Å²) >= 11 is 0. The zero-order valence-electron chi connectivity index (χ0n) is 12.3. The lowest BCUT2D eigenvalue weighted by atomic mass is 10.1. The highest BCUT2D eigenvalue weighted by Gasteiger charge is 2.26. The van der Waals surface area contributed by atoms with Crippen LogP contribution in [-0.4, -0.2) is 26.5 Å². The molecule has 0 unspecified atom stereocenters. The first kappa shape index (κ1) is 13.5. The minimum atomic E-state index is 0.0306. The van der Waals surface area contributed by atoms with E-state index in [1.54, 1.807) is 0 Å². The number of nitrogens with zero attached hydrogens (tertiary/aromatic N) is 2. The zero-order valence-corrected chi connectivity index (χ0v) is 12.3. The summed E-state index contributed by atoms with van der Waals surface area (Å²) in [7, 11) is 3.94. The first-order chi connectivity index (χ1) is 10.1. The fourth-order valence-electron chi connectivity index (χ4n) is 2.75. The molecule has 2 aromatic carbocycles. The first-order valence-corrected chi connectivity index (χ1v) is 7.04. The molecule has 4 nitrogen and oxygen atoms in total. The second-order valence-electron chi connectivity index (χ2n) is 5.50. The predicted molar refractivity (Wildman–Crippen MR) is 87.0 cm³/mol. The maximum absolute atomic E-state index is 12.8. The van der Waals surface area contributed by atoms with E-state index < -0.39 is 0 Å². The van der Waals surface area contributed by atoms with Crippen molar-refractivity contribution in [2.24, 2.45) is 0 Å². The third kappa shape index (κ3) is 2.33. The number of rotatable bonds is 2. The number of fused-ring (bicyclic) bond motifs is 1. The Kier molecular flexibility index (Phi) is 3.29. The molecule has 3 rings (SSSR count). The van der Waals surface area contributed by atoms with Crippen molar-refractivity contribution in [2.75, 3.05) is 36.2 Å². The van der Waals surface area contributed by atoms with Crippen molar-refractivity contribution in [1.82, 2.24) is 0 Å². The Balaban J connectivity index is 1.95. The van der Waals surface area contributed by atoms with Gasteiger partial charge in [0, 0.05) is 48.8 Å². The summed E-state index contributed by atoms with van der Waals surface area (Å²) in [6.45, 7) is 0.689. The van der Waals surface area contributed by atoms with E-state index in [2.05, 4.69) is 0 Å². The number of nitrogens with two attached hydrogens (primary N) is 1. The average Bonchev–Trinajstić information content (AvgIpc) is 2.92. The molecule has 2 N–H and O–H groups in total. The summed E-state index contributed by atoms with van der Waals surface area (Å²) in [6.07, 6.45) is 0.821. The quantitative estimate of drug-likeness (QED) is 0.861. The molecule has 0 saturated heterocycles. The number of nitrogen functional groups attached to an aromatic ring is 1. The Morgan fingerprint density at radius 1 is 1.19 bits per heavy atom. The van der Waals surface area contributed by atoms with Crippen LogP contribution in [0.1, 0.15) is 15.9 Å². The highest BCUT2D eigenvalue weighted by Crippen LogP contribution is 2.33. The molecule has 0 fully saturated rings. The van der Waals surface area contributed by atoms with Gasteiger partial charge in [0.15, 0.2) is 0 Å². The van der Waals surface area contributed by atoms with E-state index in [9.17, 15) is 4.79 Å². The van der Waals surface area contributed by atoms with Gasteiger partial charge in [-0.3, -0.25) is 4.79 Å². The molecule has 0 radical (unpaired) electrons. The molecular formula is C17H19N3O. The largest absolute Gasteiger partial charge is 0.398 e. The van der Waals surface area contributed by atoms with Gasteiger partial charge in [0.05, 0.1) is 0 Å². The number of amides is 1. The van der Waals surface area contributed by atoms with Crippen LogP contribution in [0.2, 0.25) is 0 Å². The lowest BCUT2D eigenvalue weighted by Crippen LogP contribution is -2.29. The van der Waals surface area contributed by atoms with Crippen LogP contribution in [-0.2, 0) is 6.42 Å². The van der Waals surface area contributed by atoms with Gasteiger partial charge in [-0.05, 0) is 36.8 Å². The van der Waals surface area contributed by atoms with Crippen LogP contribution in [0, 0.1) is 0 Å². The maximum atomic E-state index is 12.8. The standard InChI is InChI=1S/C17H19N3O/c1-19(2)13-6-3-5-12(11-13)17(21)20-10-9-14-15(18)7-4-8-16(14)20/h3-8,11H,9-10,18H2,1-2H3. The van der Waals surface area contributed by atoms with E-state index in [4.69, 9.17) is 5.73 Å². The fraction of sp³-hybridized carbons (Fsp3) is 0.235. The minimum Gasteiger partial charge on any atom is -0.398 e. The monoisotopic (exact) mass is 281 g/mol. The smallest absolute Gasteiger partial charge is 0.258 e. The van der Waals surface area contributed by atoms with Crippen LogP contribution >= 0.6 is 0 Å². The summed E-state index contributed by atoms with van der Waals surface area (Å²) in [5, 5.41) is 0. The molecule has 1 aliphatic heterocycles. The highest BCUT2D eigenvalue weighted by atomic mass is 16.2. The second-order valence-corrected chi connectivity index (χ2v) is 5.50. The summed E-state index contributed by atoms with van der Waals surface area (Å²) in [4.78, 5) is 16.6. The van der Waals surface area contributed by atoms with Gasteiger partial charge in [-0.25, -0.2) is 0 Å². The lowest BCUT2D eigenvalue weighted by molar-refractivity contribution is 0.0989. The Bertz CT molecular complexity index is 694. The topological polar surface area (TPSA) is 49.6 Å². The van der Waals surface area contributed by atoms with Crippen molar-refractivity contribution in [3.63, 3.8) is 0 Å². The summed E-state index contributed by atoms with van der Waals surface area (Å²) < 4.78 is 0. The van der Waals surface area contributed by atoms with Gasteiger partial charge in [-0.15, -0.1) is 0 Å². The van der Waals surface area contributed by atoms with E-state index in [1.165, 1.54) is 0 Å². The van der Waals surface area contributed by atoms with Crippen molar-refractivity contribution < 1.29 is 4.79 Å². The Morgan fingerprint density at radius 3 is 2.71 bits per heavy atom. The number of carbonyl (C=O) groups excluding carboxylic acids is 1. The normalized spacial score (nSPS) is 13.1. The average molecular weight is 281 g/mol. The molecule has 0 aromatic heterocycles. The zero-order chi connectivity index (χ0) is 15.0. The molecule has 1 aliphatic rings. The highest BCUT2D eigenvalue weighted by molar-refractivity contribution is 6.08. The molecule has 1 amide bonds. The number of hydrogen-bond acceptors (Lipinski definition) is 3. The summed E-state index contributed by atoms with van der Waals surface area (Å²) in [6, 6.07) is 13.4. The third-order valence-corrected chi connectivity index (χ3v) is 3.92. The van der Waals surface area contributed by atoms with Gasteiger partial charge >= 0.3 is 0 Å². The maximum Gasteiger partial charge on any atom is 0.258 e. The second kappa shape index (κ2) is 5.13. The van der Waals surface area contributed by atoms with Crippen LogP contribution in [0.4, 0.5) is 17.1 Å². The predicted octanol–water partition coefficient (Wildman–Crippen LogP) is 2.54. The molecule has 0 atom stereocenters. The molecule has 2 aromatic rings. The van der Waals surface area contributed by atoms with E-state index in [0.717, 1.165) is 29.0 Å². The Hall–Kier alpha value is -2.49. The van der Waals surface area contributed by atoms with Gasteiger partial charge < -0.3 is 15.5 Å².